The predicted molar refractivity (Wildman–Crippen MR) is 118 cm³/mol. The molecule has 1 heterocycles. The van der Waals surface area contributed by atoms with Crippen LogP contribution in [-0.2, 0) is 6.54 Å². The number of nitrogens with zero attached hydrogens (tertiary/aromatic N) is 1. The average molecular weight is 400 g/mol. The minimum Gasteiger partial charge on any atom is -0.497 e. The molecule has 30 heavy (non-hydrogen) atoms. The number of methoxy groups -OCH3 is 1. The van der Waals surface area contributed by atoms with E-state index in [0.29, 0.717) is 12.2 Å². The fourth-order valence-electron chi connectivity index (χ4n) is 3.56. The Kier molecular flexibility index (Phi) is 5.82. The van der Waals surface area contributed by atoms with Crippen molar-refractivity contribution >= 4 is 16.8 Å². The van der Waals surface area contributed by atoms with Crippen molar-refractivity contribution in [2.45, 2.75) is 12.6 Å². The molecule has 0 bridgehead atoms. The van der Waals surface area contributed by atoms with Crippen LogP contribution in [0.1, 0.15) is 27.7 Å². The molecule has 152 valence electrons. The molecule has 0 radical (unpaired) electrons. The first kappa shape index (κ1) is 19.7. The molecule has 4 aromatic rings. The second-order valence-electron chi connectivity index (χ2n) is 7.16. The topological polar surface area (TPSA) is 63.5 Å². The molecule has 5 nitrogen and oxygen atoms in total. The van der Waals surface area contributed by atoms with Gasteiger partial charge in [-0.25, -0.2) is 0 Å². The van der Waals surface area contributed by atoms with Gasteiger partial charge < -0.3 is 19.7 Å². The largest absolute Gasteiger partial charge is 0.497 e. The summed E-state index contributed by atoms with van der Waals surface area (Å²) in [5, 5.41) is 14.3. The van der Waals surface area contributed by atoms with E-state index in [2.05, 4.69) is 5.32 Å². The Morgan fingerprint density at radius 3 is 2.43 bits per heavy atom. The molecule has 0 aliphatic carbocycles. The SMILES string of the molecule is COc1ccc(C(O)CNC(=O)c2cc3ccccc3n2Cc2ccccc2)cc1. The molecule has 1 aromatic heterocycles. The summed E-state index contributed by atoms with van der Waals surface area (Å²) in [4.78, 5) is 13.0. The molecule has 0 aliphatic rings. The molecule has 0 spiro atoms. The molecular formula is C25H24N2O3. The zero-order valence-electron chi connectivity index (χ0n) is 16.8. The van der Waals surface area contributed by atoms with E-state index in [9.17, 15) is 9.90 Å². The summed E-state index contributed by atoms with van der Waals surface area (Å²) >= 11 is 0. The fourth-order valence-corrected chi connectivity index (χ4v) is 3.56. The van der Waals surface area contributed by atoms with Gasteiger partial charge in [0.05, 0.1) is 13.2 Å². The number of nitrogens with one attached hydrogen (secondary N) is 1. The van der Waals surface area contributed by atoms with E-state index in [4.69, 9.17) is 4.74 Å². The molecule has 5 heteroatoms. The standard InChI is InChI=1S/C25H24N2O3/c1-30-21-13-11-19(12-14-21)24(28)16-26-25(29)23-15-20-9-5-6-10-22(20)27(23)17-18-7-3-2-4-8-18/h2-15,24,28H,16-17H2,1H3,(H,26,29). The number of carbonyl (C=O) groups excluding carboxylic acids is 1. The number of hydrogen-bond donors (Lipinski definition) is 2. The number of benzene rings is 3. The Balaban J connectivity index is 1.54. The summed E-state index contributed by atoms with van der Waals surface area (Å²) in [6, 6.07) is 27.1. The van der Waals surface area contributed by atoms with Crippen LogP contribution in [0.4, 0.5) is 0 Å². The van der Waals surface area contributed by atoms with Crippen LogP contribution in [0.2, 0.25) is 0 Å². The number of amides is 1. The van der Waals surface area contributed by atoms with E-state index in [1.54, 1.807) is 31.4 Å². The van der Waals surface area contributed by atoms with Crippen molar-refractivity contribution in [1.82, 2.24) is 9.88 Å². The highest BCUT2D eigenvalue weighted by Gasteiger charge is 2.17. The molecule has 1 amide bonds. The first-order valence-corrected chi connectivity index (χ1v) is 9.88. The Morgan fingerprint density at radius 2 is 1.70 bits per heavy atom. The highest BCUT2D eigenvalue weighted by molar-refractivity contribution is 5.98. The lowest BCUT2D eigenvalue weighted by molar-refractivity contribution is 0.0908. The quantitative estimate of drug-likeness (QED) is 0.490. The monoisotopic (exact) mass is 400 g/mol. The highest BCUT2D eigenvalue weighted by atomic mass is 16.5. The maximum absolute atomic E-state index is 13.0. The van der Waals surface area contributed by atoms with Gasteiger partial charge >= 0.3 is 0 Å². The summed E-state index contributed by atoms with van der Waals surface area (Å²) in [6.45, 7) is 0.718. The van der Waals surface area contributed by atoms with Crippen molar-refractivity contribution in [3.05, 3.63) is 102 Å². The third-order valence-electron chi connectivity index (χ3n) is 5.18. The summed E-state index contributed by atoms with van der Waals surface area (Å²) in [7, 11) is 1.60. The molecule has 0 saturated heterocycles. The van der Waals surface area contributed by atoms with E-state index in [-0.39, 0.29) is 12.5 Å². The van der Waals surface area contributed by atoms with Gasteiger partial charge in [-0.15, -0.1) is 0 Å². The Hall–Kier alpha value is -3.57. The van der Waals surface area contributed by atoms with Gasteiger partial charge in [0, 0.05) is 24.0 Å². The molecule has 0 fully saturated rings. The van der Waals surface area contributed by atoms with E-state index in [1.165, 1.54) is 0 Å². The molecule has 4 rings (SSSR count). The van der Waals surface area contributed by atoms with E-state index >= 15 is 0 Å². The zero-order valence-corrected chi connectivity index (χ0v) is 16.8. The average Bonchev–Trinajstić information content (AvgIpc) is 3.16. The Labute approximate surface area is 175 Å². The van der Waals surface area contributed by atoms with Gasteiger partial charge in [-0.2, -0.15) is 0 Å². The van der Waals surface area contributed by atoms with Gasteiger partial charge in [0.25, 0.3) is 5.91 Å². The lowest BCUT2D eigenvalue weighted by atomic mass is 10.1. The lowest BCUT2D eigenvalue weighted by Gasteiger charge is -2.14. The number of hydrogen-bond acceptors (Lipinski definition) is 3. The van der Waals surface area contributed by atoms with Gasteiger partial charge in [0.15, 0.2) is 0 Å². The Morgan fingerprint density at radius 1 is 1.00 bits per heavy atom. The molecule has 0 saturated carbocycles. The van der Waals surface area contributed by atoms with Gasteiger partial charge in [-0.3, -0.25) is 4.79 Å². The second kappa shape index (κ2) is 8.84. The van der Waals surface area contributed by atoms with Crippen LogP contribution in [0.5, 0.6) is 5.75 Å². The number of ether oxygens (including phenoxy) is 1. The van der Waals surface area contributed by atoms with E-state index < -0.39 is 6.10 Å². The fraction of sp³-hybridized carbons (Fsp3) is 0.160. The second-order valence-corrected chi connectivity index (χ2v) is 7.16. The van der Waals surface area contributed by atoms with Crippen molar-refractivity contribution in [2.75, 3.05) is 13.7 Å². The molecular weight excluding hydrogens is 376 g/mol. The lowest BCUT2D eigenvalue weighted by Crippen LogP contribution is -2.30. The first-order chi connectivity index (χ1) is 14.7. The van der Waals surface area contributed by atoms with Crippen molar-refractivity contribution < 1.29 is 14.6 Å². The summed E-state index contributed by atoms with van der Waals surface area (Å²) < 4.78 is 7.16. The van der Waals surface area contributed by atoms with Gasteiger partial charge in [-0.05, 0) is 35.4 Å². The van der Waals surface area contributed by atoms with Crippen molar-refractivity contribution in [3.8, 4) is 5.75 Å². The van der Waals surface area contributed by atoms with Crippen molar-refractivity contribution in [3.63, 3.8) is 0 Å². The van der Waals surface area contributed by atoms with E-state index in [1.807, 2.05) is 65.2 Å². The van der Waals surface area contributed by atoms with Crippen LogP contribution in [0.25, 0.3) is 10.9 Å². The first-order valence-electron chi connectivity index (χ1n) is 9.88. The Bertz CT molecular complexity index is 1130. The summed E-state index contributed by atoms with van der Waals surface area (Å²) in [5.41, 5.74) is 3.41. The normalized spacial score (nSPS) is 11.9. The number of aliphatic hydroxyl groups is 1. The van der Waals surface area contributed by atoms with Crippen molar-refractivity contribution in [1.29, 1.82) is 0 Å². The predicted octanol–water partition coefficient (Wildman–Crippen LogP) is 4.16. The highest BCUT2D eigenvalue weighted by Crippen LogP contribution is 2.22. The third kappa shape index (κ3) is 4.21. The van der Waals surface area contributed by atoms with Gasteiger partial charge in [0.1, 0.15) is 11.4 Å². The number of para-hydroxylation sites is 1. The van der Waals surface area contributed by atoms with Crippen LogP contribution < -0.4 is 10.1 Å². The van der Waals surface area contributed by atoms with Crippen LogP contribution in [0, 0.1) is 0 Å². The zero-order chi connectivity index (χ0) is 20.9. The molecule has 2 N–H and O–H groups in total. The summed E-state index contributed by atoms with van der Waals surface area (Å²) in [6.07, 6.45) is -0.799. The van der Waals surface area contributed by atoms with Crippen LogP contribution in [0.15, 0.2) is 84.9 Å². The van der Waals surface area contributed by atoms with Gasteiger partial charge in [0.2, 0.25) is 0 Å². The number of aromatic nitrogens is 1. The van der Waals surface area contributed by atoms with Crippen LogP contribution in [0.3, 0.4) is 0 Å². The number of fused-ring (bicyclic) bond motifs is 1. The minimum atomic E-state index is -0.799. The van der Waals surface area contributed by atoms with Gasteiger partial charge in [-0.1, -0.05) is 60.7 Å². The number of aliphatic hydroxyl groups excluding tert-OH is 1. The maximum Gasteiger partial charge on any atom is 0.268 e. The third-order valence-corrected chi connectivity index (χ3v) is 5.18. The maximum atomic E-state index is 13.0. The van der Waals surface area contributed by atoms with Crippen molar-refractivity contribution in [2.24, 2.45) is 0 Å². The molecule has 1 unspecified atom stereocenters. The van der Waals surface area contributed by atoms with Crippen LogP contribution in [-0.4, -0.2) is 29.2 Å². The molecule has 1 atom stereocenters. The van der Waals surface area contributed by atoms with E-state index in [0.717, 1.165) is 27.8 Å². The summed E-state index contributed by atoms with van der Waals surface area (Å²) in [5.74, 6) is 0.509. The molecule has 3 aromatic carbocycles. The molecule has 0 aliphatic heterocycles. The van der Waals surface area contributed by atoms with Crippen LogP contribution >= 0.6 is 0 Å². The smallest absolute Gasteiger partial charge is 0.268 e. The minimum absolute atomic E-state index is 0.123. The number of carbonyl (C=O) groups is 1. The number of rotatable bonds is 7.